The van der Waals surface area contributed by atoms with Gasteiger partial charge in [-0.25, -0.2) is 0 Å². The van der Waals surface area contributed by atoms with E-state index in [0.29, 0.717) is 11.4 Å². The Bertz CT molecular complexity index is 743. The summed E-state index contributed by atoms with van der Waals surface area (Å²) in [6.07, 6.45) is 0. The Kier molecular flexibility index (Phi) is 4.26. The lowest BCUT2D eigenvalue weighted by molar-refractivity contribution is -0.383. The predicted octanol–water partition coefficient (Wildman–Crippen LogP) is 3.26. The van der Waals surface area contributed by atoms with Gasteiger partial charge in [-0.05, 0) is 31.2 Å². The van der Waals surface area contributed by atoms with E-state index in [2.05, 4.69) is 5.32 Å². The standard InChI is InChI=1S/C15H14N2O5/c1-9(18)10-3-5-12(13(7-10)17(20)21)16-11-4-6-15(22-2)14(19)8-11/h3-8,16,19H,1-2H3. The number of aromatic hydroxyl groups is 1. The zero-order valence-electron chi connectivity index (χ0n) is 12.0. The first-order valence-electron chi connectivity index (χ1n) is 6.35. The molecular weight excluding hydrogens is 288 g/mol. The van der Waals surface area contributed by atoms with Crippen molar-refractivity contribution < 1.29 is 19.6 Å². The van der Waals surface area contributed by atoms with Crippen LogP contribution >= 0.6 is 0 Å². The third-order valence-electron chi connectivity index (χ3n) is 3.06. The van der Waals surface area contributed by atoms with Crippen LogP contribution in [0.2, 0.25) is 0 Å². The van der Waals surface area contributed by atoms with Gasteiger partial charge in [-0.3, -0.25) is 14.9 Å². The van der Waals surface area contributed by atoms with Crippen molar-refractivity contribution in [1.29, 1.82) is 0 Å². The van der Waals surface area contributed by atoms with Crippen molar-refractivity contribution in [2.24, 2.45) is 0 Å². The third-order valence-corrected chi connectivity index (χ3v) is 3.06. The number of nitro benzene ring substituents is 1. The van der Waals surface area contributed by atoms with Gasteiger partial charge < -0.3 is 15.2 Å². The Hall–Kier alpha value is -3.09. The number of ketones is 1. The number of Topliss-reactive ketones (excluding diaryl/α,β-unsaturated/α-hetero) is 1. The number of carbonyl (C=O) groups is 1. The summed E-state index contributed by atoms with van der Waals surface area (Å²) in [5.74, 6) is -0.0424. The van der Waals surface area contributed by atoms with Crippen molar-refractivity contribution in [3.63, 3.8) is 0 Å². The molecule has 0 spiro atoms. The van der Waals surface area contributed by atoms with Crippen LogP contribution in [0, 0.1) is 10.1 Å². The van der Waals surface area contributed by atoms with Gasteiger partial charge in [0.1, 0.15) is 5.69 Å². The average molecular weight is 302 g/mol. The Morgan fingerprint density at radius 3 is 2.55 bits per heavy atom. The SMILES string of the molecule is COc1ccc(Nc2ccc(C(C)=O)cc2[N+](=O)[O-])cc1O. The summed E-state index contributed by atoms with van der Waals surface area (Å²) in [5.41, 5.74) is 0.717. The molecule has 0 atom stereocenters. The van der Waals surface area contributed by atoms with E-state index < -0.39 is 4.92 Å². The van der Waals surface area contributed by atoms with Crippen LogP contribution in [0.25, 0.3) is 0 Å². The van der Waals surface area contributed by atoms with Crippen molar-refractivity contribution >= 4 is 22.8 Å². The molecule has 2 aromatic carbocycles. The molecule has 7 heteroatoms. The lowest BCUT2D eigenvalue weighted by Gasteiger charge is -2.10. The maximum atomic E-state index is 11.3. The van der Waals surface area contributed by atoms with Gasteiger partial charge in [-0.1, -0.05) is 0 Å². The Morgan fingerprint density at radius 1 is 1.27 bits per heavy atom. The summed E-state index contributed by atoms with van der Waals surface area (Å²) in [5, 5.41) is 23.7. The highest BCUT2D eigenvalue weighted by Gasteiger charge is 2.16. The van der Waals surface area contributed by atoms with Crippen molar-refractivity contribution in [2.75, 3.05) is 12.4 Å². The molecule has 2 aromatic rings. The van der Waals surface area contributed by atoms with Gasteiger partial charge >= 0.3 is 0 Å². The summed E-state index contributed by atoms with van der Waals surface area (Å²) in [4.78, 5) is 21.9. The second kappa shape index (κ2) is 6.13. The molecule has 0 aromatic heterocycles. The number of ether oxygens (including phenoxy) is 1. The second-order valence-corrected chi connectivity index (χ2v) is 4.56. The highest BCUT2D eigenvalue weighted by Crippen LogP contribution is 2.33. The molecule has 2 rings (SSSR count). The Balaban J connectivity index is 2.38. The minimum absolute atomic E-state index is 0.0875. The van der Waals surface area contributed by atoms with Crippen LogP contribution in [0.15, 0.2) is 36.4 Å². The summed E-state index contributed by atoms with van der Waals surface area (Å²) in [6, 6.07) is 8.71. The van der Waals surface area contributed by atoms with Crippen LogP contribution in [0.5, 0.6) is 11.5 Å². The van der Waals surface area contributed by atoms with Crippen molar-refractivity contribution in [2.45, 2.75) is 6.92 Å². The summed E-state index contributed by atoms with van der Waals surface area (Å²) in [6.45, 7) is 1.34. The van der Waals surface area contributed by atoms with E-state index in [0.717, 1.165) is 0 Å². The normalized spacial score (nSPS) is 10.1. The molecule has 0 aliphatic rings. The Morgan fingerprint density at radius 2 is 2.00 bits per heavy atom. The van der Waals surface area contributed by atoms with Crippen molar-refractivity contribution in [3.05, 3.63) is 52.1 Å². The quantitative estimate of drug-likeness (QED) is 0.499. The molecule has 0 aliphatic carbocycles. The van der Waals surface area contributed by atoms with Crippen LogP contribution < -0.4 is 10.1 Å². The van der Waals surface area contributed by atoms with Gasteiger partial charge in [0, 0.05) is 23.4 Å². The largest absolute Gasteiger partial charge is 0.504 e. The number of hydrogen-bond donors (Lipinski definition) is 2. The number of rotatable bonds is 5. The summed E-state index contributed by atoms with van der Waals surface area (Å²) >= 11 is 0. The van der Waals surface area contributed by atoms with Crippen LogP contribution in [0.1, 0.15) is 17.3 Å². The number of benzene rings is 2. The highest BCUT2D eigenvalue weighted by molar-refractivity contribution is 5.95. The molecule has 2 N–H and O–H groups in total. The smallest absolute Gasteiger partial charge is 0.293 e. The third kappa shape index (κ3) is 3.14. The maximum absolute atomic E-state index is 11.3. The lowest BCUT2D eigenvalue weighted by atomic mass is 10.1. The van der Waals surface area contributed by atoms with E-state index in [-0.39, 0.29) is 28.5 Å². The molecule has 0 heterocycles. The molecule has 114 valence electrons. The molecule has 0 unspecified atom stereocenters. The number of phenols is 1. The molecule has 7 nitrogen and oxygen atoms in total. The second-order valence-electron chi connectivity index (χ2n) is 4.56. The monoisotopic (exact) mass is 302 g/mol. The molecule has 0 saturated heterocycles. The summed E-state index contributed by atoms with van der Waals surface area (Å²) < 4.78 is 4.93. The molecule has 22 heavy (non-hydrogen) atoms. The van der Waals surface area contributed by atoms with Crippen LogP contribution in [-0.2, 0) is 0 Å². The number of nitro groups is 1. The van der Waals surface area contributed by atoms with Gasteiger partial charge in [0.2, 0.25) is 0 Å². The van der Waals surface area contributed by atoms with Crippen LogP contribution in [0.4, 0.5) is 17.1 Å². The topological polar surface area (TPSA) is 102 Å². The van der Waals surface area contributed by atoms with E-state index in [1.807, 2.05) is 0 Å². The van der Waals surface area contributed by atoms with Gasteiger partial charge in [-0.2, -0.15) is 0 Å². The van der Waals surface area contributed by atoms with Gasteiger partial charge in [0.15, 0.2) is 17.3 Å². The van der Waals surface area contributed by atoms with Crippen molar-refractivity contribution in [1.82, 2.24) is 0 Å². The number of carbonyl (C=O) groups excluding carboxylic acids is 1. The number of nitrogens with zero attached hydrogens (tertiary/aromatic N) is 1. The molecular formula is C15H14N2O5. The number of phenolic OH excluding ortho intramolecular Hbond substituents is 1. The fraction of sp³-hybridized carbons (Fsp3) is 0.133. The van der Waals surface area contributed by atoms with Crippen LogP contribution in [0.3, 0.4) is 0 Å². The van der Waals surface area contributed by atoms with E-state index in [1.165, 1.54) is 44.4 Å². The molecule has 0 saturated carbocycles. The Labute approximate surface area is 126 Å². The highest BCUT2D eigenvalue weighted by atomic mass is 16.6. The minimum atomic E-state index is -0.571. The predicted molar refractivity (Wildman–Crippen MR) is 81.0 cm³/mol. The molecule has 0 bridgehead atoms. The maximum Gasteiger partial charge on any atom is 0.293 e. The number of anilines is 2. The van der Waals surface area contributed by atoms with E-state index in [4.69, 9.17) is 4.74 Å². The first kappa shape index (κ1) is 15.3. The zero-order chi connectivity index (χ0) is 16.3. The molecule has 0 amide bonds. The van der Waals surface area contributed by atoms with Crippen molar-refractivity contribution in [3.8, 4) is 11.5 Å². The van der Waals surface area contributed by atoms with Gasteiger partial charge in [0.05, 0.1) is 12.0 Å². The number of hydrogen-bond acceptors (Lipinski definition) is 6. The average Bonchev–Trinajstić information content (AvgIpc) is 2.47. The fourth-order valence-electron chi connectivity index (χ4n) is 1.93. The van der Waals surface area contributed by atoms with Crippen LogP contribution in [-0.4, -0.2) is 22.9 Å². The molecule has 0 aliphatic heterocycles. The van der Waals surface area contributed by atoms with E-state index in [1.54, 1.807) is 6.07 Å². The van der Waals surface area contributed by atoms with E-state index in [9.17, 15) is 20.0 Å². The number of methoxy groups -OCH3 is 1. The lowest BCUT2D eigenvalue weighted by Crippen LogP contribution is -2.00. The summed E-state index contributed by atoms with van der Waals surface area (Å²) in [7, 11) is 1.42. The molecule has 0 fully saturated rings. The minimum Gasteiger partial charge on any atom is -0.504 e. The fourth-order valence-corrected chi connectivity index (χ4v) is 1.93. The number of nitrogens with one attached hydrogen (secondary N) is 1. The first-order valence-corrected chi connectivity index (χ1v) is 6.35. The van der Waals surface area contributed by atoms with Gasteiger partial charge in [0.25, 0.3) is 5.69 Å². The molecule has 0 radical (unpaired) electrons. The van der Waals surface area contributed by atoms with E-state index >= 15 is 0 Å². The van der Waals surface area contributed by atoms with Gasteiger partial charge in [-0.15, -0.1) is 0 Å². The zero-order valence-corrected chi connectivity index (χ0v) is 12.0. The first-order chi connectivity index (χ1) is 10.4.